The van der Waals surface area contributed by atoms with Crippen LogP contribution in [0.1, 0.15) is 27.3 Å². The monoisotopic (exact) mass is 364 g/mol. The lowest BCUT2D eigenvalue weighted by atomic mass is 10.2. The molecular formula is C19H16N4O2S. The zero-order valence-corrected chi connectivity index (χ0v) is 15.2. The zero-order chi connectivity index (χ0) is 18.1. The van der Waals surface area contributed by atoms with Gasteiger partial charge in [-0.2, -0.15) is 5.10 Å². The maximum atomic E-state index is 12.5. The minimum absolute atomic E-state index is 0.116. The van der Waals surface area contributed by atoms with Gasteiger partial charge in [-0.25, -0.2) is 19.3 Å². The van der Waals surface area contributed by atoms with Crippen LogP contribution in [0.25, 0.3) is 16.2 Å². The van der Waals surface area contributed by atoms with E-state index in [1.165, 1.54) is 16.9 Å². The summed E-state index contributed by atoms with van der Waals surface area (Å²) in [6.45, 7) is 3.93. The Bertz CT molecular complexity index is 1080. The first-order valence-corrected chi connectivity index (χ1v) is 8.98. The van der Waals surface area contributed by atoms with Gasteiger partial charge in [0.05, 0.1) is 11.4 Å². The highest BCUT2D eigenvalue weighted by molar-refractivity contribution is 7.13. The fourth-order valence-electron chi connectivity index (χ4n) is 2.65. The van der Waals surface area contributed by atoms with Crippen LogP contribution < -0.4 is 0 Å². The molecule has 0 aliphatic rings. The number of fused-ring (bicyclic) bond motifs is 1. The SMILES string of the molecule is Cc1ccc(-c2nc(COC(=O)c3c(C)nn4cccnc34)cs2)cc1. The van der Waals surface area contributed by atoms with Gasteiger partial charge >= 0.3 is 5.97 Å². The number of hydrogen-bond acceptors (Lipinski definition) is 6. The second-order valence-corrected chi connectivity index (χ2v) is 6.79. The van der Waals surface area contributed by atoms with Gasteiger partial charge in [0.1, 0.15) is 17.2 Å². The summed E-state index contributed by atoms with van der Waals surface area (Å²) in [4.78, 5) is 21.3. The van der Waals surface area contributed by atoms with Crippen molar-refractivity contribution in [1.82, 2.24) is 19.6 Å². The highest BCUT2D eigenvalue weighted by Crippen LogP contribution is 2.24. The molecule has 0 aliphatic heterocycles. The first-order chi connectivity index (χ1) is 12.6. The van der Waals surface area contributed by atoms with Crippen molar-refractivity contribution in [3.63, 3.8) is 0 Å². The summed E-state index contributed by atoms with van der Waals surface area (Å²) in [6.07, 6.45) is 3.38. The number of nitrogens with zero attached hydrogens (tertiary/aromatic N) is 4. The number of carbonyl (C=O) groups excluding carboxylic acids is 1. The Morgan fingerprint density at radius 2 is 2.04 bits per heavy atom. The normalized spacial score (nSPS) is 11.0. The highest BCUT2D eigenvalue weighted by Gasteiger charge is 2.20. The first-order valence-electron chi connectivity index (χ1n) is 8.10. The topological polar surface area (TPSA) is 69.4 Å². The van der Waals surface area contributed by atoms with E-state index < -0.39 is 5.97 Å². The molecule has 4 rings (SSSR count). The Morgan fingerprint density at radius 1 is 1.23 bits per heavy atom. The molecule has 0 aliphatic carbocycles. The Balaban J connectivity index is 1.50. The maximum Gasteiger partial charge on any atom is 0.344 e. The van der Waals surface area contributed by atoms with Gasteiger partial charge in [0.2, 0.25) is 0 Å². The Morgan fingerprint density at radius 3 is 2.85 bits per heavy atom. The molecule has 26 heavy (non-hydrogen) atoms. The molecule has 6 nitrogen and oxygen atoms in total. The van der Waals surface area contributed by atoms with Crippen molar-refractivity contribution in [1.29, 1.82) is 0 Å². The maximum absolute atomic E-state index is 12.5. The number of ether oxygens (including phenoxy) is 1. The van der Waals surface area contributed by atoms with E-state index in [1.54, 1.807) is 29.9 Å². The van der Waals surface area contributed by atoms with E-state index in [-0.39, 0.29) is 6.61 Å². The quantitative estimate of drug-likeness (QED) is 0.515. The van der Waals surface area contributed by atoms with Crippen molar-refractivity contribution in [2.24, 2.45) is 0 Å². The van der Waals surface area contributed by atoms with Gasteiger partial charge < -0.3 is 4.74 Å². The average Bonchev–Trinajstić information content (AvgIpc) is 3.24. The fraction of sp³-hybridized carbons (Fsp3) is 0.158. The molecular weight excluding hydrogens is 348 g/mol. The van der Waals surface area contributed by atoms with Crippen LogP contribution in [0.15, 0.2) is 48.1 Å². The van der Waals surface area contributed by atoms with Gasteiger partial charge in [-0.15, -0.1) is 11.3 Å². The van der Waals surface area contributed by atoms with Crippen LogP contribution in [0.4, 0.5) is 0 Å². The van der Waals surface area contributed by atoms with E-state index in [0.717, 1.165) is 16.3 Å². The molecule has 0 spiro atoms. The lowest BCUT2D eigenvalue weighted by Gasteiger charge is -2.02. The lowest BCUT2D eigenvalue weighted by molar-refractivity contribution is 0.0469. The fourth-order valence-corrected chi connectivity index (χ4v) is 3.46. The molecule has 130 valence electrons. The van der Waals surface area contributed by atoms with Crippen LogP contribution in [-0.2, 0) is 11.3 Å². The third kappa shape index (κ3) is 3.09. The Kier molecular flexibility index (Phi) is 4.22. The van der Waals surface area contributed by atoms with Crippen LogP contribution in [-0.4, -0.2) is 25.6 Å². The molecule has 0 N–H and O–H groups in total. The number of hydrogen-bond donors (Lipinski definition) is 0. The van der Waals surface area contributed by atoms with Crippen molar-refractivity contribution in [2.45, 2.75) is 20.5 Å². The van der Waals surface area contributed by atoms with E-state index in [9.17, 15) is 4.79 Å². The molecule has 4 aromatic rings. The van der Waals surface area contributed by atoms with Crippen molar-refractivity contribution in [2.75, 3.05) is 0 Å². The second-order valence-electron chi connectivity index (χ2n) is 5.93. The third-order valence-corrected chi connectivity index (χ3v) is 4.92. The van der Waals surface area contributed by atoms with Crippen LogP contribution in [0.3, 0.4) is 0 Å². The van der Waals surface area contributed by atoms with Gasteiger partial charge in [-0.3, -0.25) is 0 Å². The summed E-state index contributed by atoms with van der Waals surface area (Å²) in [6, 6.07) is 9.95. The summed E-state index contributed by atoms with van der Waals surface area (Å²) in [5.41, 5.74) is 4.46. The number of rotatable bonds is 4. The molecule has 7 heteroatoms. The van der Waals surface area contributed by atoms with Crippen molar-refractivity contribution >= 4 is 23.0 Å². The van der Waals surface area contributed by atoms with E-state index in [0.29, 0.717) is 16.9 Å². The van der Waals surface area contributed by atoms with Crippen molar-refractivity contribution in [3.05, 3.63) is 70.6 Å². The molecule has 0 saturated carbocycles. The molecule has 1 aromatic carbocycles. The summed E-state index contributed by atoms with van der Waals surface area (Å²) < 4.78 is 7.02. The number of carbonyl (C=O) groups is 1. The Labute approximate surface area is 154 Å². The molecule has 0 amide bonds. The summed E-state index contributed by atoms with van der Waals surface area (Å²) in [5, 5.41) is 7.09. The minimum atomic E-state index is -0.443. The van der Waals surface area contributed by atoms with Gasteiger partial charge in [-0.05, 0) is 19.9 Å². The molecule has 0 radical (unpaired) electrons. The smallest absolute Gasteiger partial charge is 0.344 e. The molecule has 0 bridgehead atoms. The number of aromatic nitrogens is 4. The largest absolute Gasteiger partial charge is 0.455 e. The van der Waals surface area contributed by atoms with Crippen molar-refractivity contribution < 1.29 is 9.53 Å². The van der Waals surface area contributed by atoms with Crippen LogP contribution in [0, 0.1) is 13.8 Å². The molecule has 3 heterocycles. The first kappa shape index (κ1) is 16.4. The molecule has 0 unspecified atom stereocenters. The summed E-state index contributed by atoms with van der Waals surface area (Å²) >= 11 is 1.53. The predicted molar refractivity (Wildman–Crippen MR) is 99.1 cm³/mol. The number of aryl methyl sites for hydroxylation is 2. The molecule has 3 aromatic heterocycles. The Hall–Kier alpha value is -3.06. The van der Waals surface area contributed by atoms with Gasteiger partial charge in [0.15, 0.2) is 5.65 Å². The second kappa shape index (κ2) is 6.68. The number of benzene rings is 1. The predicted octanol–water partition coefficient (Wildman–Crippen LogP) is 3.83. The highest BCUT2D eigenvalue weighted by atomic mass is 32.1. The number of thiazole rings is 1. The van der Waals surface area contributed by atoms with Crippen LogP contribution in [0.2, 0.25) is 0 Å². The van der Waals surface area contributed by atoms with E-state index in [4.69, 9.17) is 4.74 Å². The molecule has 0 atom stereocenters. The van der Waals surface area contributed by atoms with Crippen LogP contribution >= 0.6 is 11.3 Å². The minimum Gasteiger partial charge on any atom is -0.455 e. The molecule has 0 saturated heterocycles. The molecule has 0 fully saturated rings. The van der Waals surface area contributed by atoms with E-state index >= 15 is 0 Å². The standard InChI is InChI=1S/C19H16N4O2S/c1-12-4-6-14(7-5-12)18-21-15(11-26-18)10-25-19(24)16-13(2)22-23-9-3-8-20-17(16)23/h3-9,11H,10H2,1-2H3. The van der Waals surface area contributed by atoms with E-state index in [1.807, 2.05) is 24.4 Å². The number of esters is 1. The van der Waals surface area contributed by atoms with Gasteiger partial charge in [0, 0.05) is 23.3 Å². The van der Waals surface area contributed by atoms with Gasteiger partial charge in [-0.1, -0.05) is 29.8 Å². The van der Waals surface area contributed by atoms with Gasteiger partial charge in [0.25, 0.3) is 0 Å². The van der Waals surface area contributed by atoms with Crippen LogP contribution in [0.5, 0.6) is 0 Å². The zero-order valence-electron chi connectivity index (χ0n) is 14.3. The average molecular weight is 364 g/mol. The van der Waals surface area contributed by atoms with E-state index in [2.05, 4.69) is 27.2 Å². The summed E-state index contributed by atoms with van der Waals surface area (Å²) in [7, 11) is 0. The summed E-state index contributed by atoms with van der Waals surface area (Å²) in [5.74, 6) is -0.443. The lowest BCUT2D eigenvalue weighted by Crippen LogP contribution is -2.07. The van der Waals surface area contributed by atoms with Crippen molar-refractivity contribution in [3.8, 4) is 10.6 Å². The third-order valence-electron chi connectivity index (χ3n) is 3.98.